The highest BCUT2D eigenvalue weighted by Gasteiger charge is 2.46. The van der Waals surface area contributed by atoms with E-state index in [4.69, 9.17) is 30.8 Å². The van der Waals surface area contributed by atoms with Crippen LogP contribution in [0, 0.1) is 5.41 Å². The van der Waals surface area contributed by atoms with Gasteiger partial charge in [-0.2, -0.15) is 0 Å². The molecular weight excluding hydrogens is 690 g/mol. The van der Waals surface area contributed by atoms with Crippen molar-refractivity contribution in [1.82, 2.24) is 24.7 Å². The van der Waals surface area contributed by atoms with Gasteiger partial charge in [-0.1, -0.05) is 48.0 Å². The number of likely N-dealkylation sites (tertiary alicyclic amines) is 2. The van der Waals surface area contributed by atoms with Crippen molar-refractivity contribution in [3.63, 3.8) is 0 Å². The van der Waals surface area contributed by atoms with E-state index in [9.17, 15) is 9.90 Å². The zero-order valence-corrected chi connectivity index (χ0v) is 31.4. The van der Waals surface area contributed by atoms with Gasteiger partial charge in [-0.05, 0) is 49.9 Å². The molecule has 3 aliphatic rings. The van der Waals surface area contributed by atoms with E-state index in [-0.39, 0.29) is 17.4 Å². The van der Waals surface area contributed by atoms with E-state index >= 15 is 0 Å². The summed E-state index contributed by atoms with van der Waals surface area (Å²) in [4.78, 5) is 22.2. The Balaban J connectivity index is 1.07. The zero-order chi connectivity index (χ0) is 36.9. The molecule has 2 N–H and O–H groups in total. The molecule has 11 heteroatoms. The third-order valence-corrected chi connectivity index (χ3v) is 11.3. The topological polar surface area (TPSA) is 101 Å². The fraction of sp³-hybridized carbons (Fsp3) is 0.381. The standard InChI is InChI=1S/C42H46ClN5O5/c1-42(41(50)44-27-12-13-27)24-47(25-42)23-34-37(51-2)19-28(20-38(34)52-3)48-18-16-31-30(7-6-10-36(31)48)32-8-5-9-33(39(32)43)35-14-11-26(40(45-35)53-4)21-46-17-15-29(49)22-46/h5-11,14,16,18-20,27,29,49H,12-13,15,17,21-25H2,1-4H3,(H,44,50)/t29-/m1/s1. The molecular formula is C42H46ClN5O5. The first-order valence-electron chi connectivity index (χ1n) is 18.3. The van der Waals surface area contributed by atoms with Gasteiger partial charge >= 0.3 is 0 Å². The van der Waals surface area contributed by atoms with Gasteiger partial charge in [-0.25, -0.2) is 4.98 Å². The van der Waals surface area contributed by atoms with E-state index in [1.807, 2.05) is 55.5 Å². The number of methoxy groups -OCH3 is 3. The Morgan fingerprint density at radius 2 is 1.62 bits per heavy atom. The maximum absolute atomic E-state index is 12.8. The fourth-order valence-corrected chi connectivity index (χ4v) is 8.28. The van der Waals surface area contributed by atoms with Crippen molar-refractivity contribution in [1.29, 1.82) is 0 Å². The predicted octanol–water partition coefficient (Wildman–Crippen LogP) is 6.71. The number of aliphatic hydroxyl groups is 1. The van der Waals surface area contributed by atoms with Gasteiger partial charge in [0.1, 0.15) is 11.5 Å². The number of amides is 1. The summed E-state index contributed by atoms with van der Waals surface area (Å²) in [5.41, 5.74) is 6.93. The molecule has 1 saturated carbocycles. The van der Waals surface area contributed by atoms with Crippen molar-refractivity contribution in [2.45, 2.75) is 51.4 Å². The second-order valence-corrected chi connectivity index (χ2v) is 15.3. The summed E-state index contributed by atoms with van der Waals surface area (Å²) < 4.78 is 19.8. The molecule has 8 rings (SSSR count). The van der Waals surface area contributed by atoms with E-state index in [0.29, 0.717) is 49.7 Å². The van der Waals surface area contributed by atoms with Crippen molar-refractivity contribution >= 4 is 28.4 Å². The van der Waals surface area contributed by atoms with Gasteiger partial charge in [0.25, 0.3) is 0 Å². The number of pyridine rings is 1. The second-order valence-electron chi connectivity index (χ2n) is 14.9. The minimum absolute atomic E-state index is 0.152. The first-order valence-corrected chi connectivity index (χ1v) is 18.7. The monoisotopic (exact) mass is 735 g/mol. The Kier molecular flexibility index (Phi) is 9.57. The van der Waals surface area contributed by atoms with Crippen molar-refractivity contribution in [3.05, 3.63) is 89.1 Å². The lowest BCUT2D eigenvalue weighted by atomic mass is 9.80. The molecule has 2 saturated heterocycles. The number of hydrogen-bond donors (Lipinski definition) is 2. The minimum atomic E-state index is -0.375. The average Bonchev–Trinajstić information content (AvgIpc) is 3.71. The van der Waals surface area contributed by atoms with Crippen LogP contribution in [0.4, 0.5) is 0 Å². The Morgan fingerprint density at radius 3 is 2.30 bits per heavy atom. The number of nitrogens with zero attached hydrogens (tertiary/aromatic N) is 4. The summed E-state index contributed by atoms with van der Waals surface area (Å²) in [5.74, 6) is 2.17. The molecule has 3 fully saturated rings. The summed E-state index contributed by atoms with van der Waals surface area (Å²) in [5, 5.41) is 14.8. The van der Waals surface area contributed by atoms with Gasteiger partial charge in [-0.3, -0.25) is 14.6 Å². The zero-order valence-electron chi connectivity index (χ0n) is 30.7. The highest BCUT2D eigenvalue weighted by atomic mass is 35.5. The Hall–Kier alpha value is -4.61. The summed E-state index contributed by atoms with van der Waals surface area (Å²) in [6.45, 7) is 6.21. The number of halogens is 1. The van der Waals surface area contributed by atoms with Crippen LogP contribution in [0.2, 0.25) is 5.02 Å². The number of fused-ring (bicyclic) bond motifs is 1. The maximum atomic E-state index is 12.8. The van der Waals surface area contributed by atoms with Crippen LogP contribution in [-0.2, 0) is 17.9 Å². The summed E-state index contributed by atoms with van der Waals surface area (Å²) in [6, 6.07) is 22.9. The van der Waals surface area contributed by atoms with Crippen molar-refractivity contribution in [2.75, 3.05) is 47.5 Å². The van der Waals surface area contributed by atoms with Crippen LogP contribution in [0.1, 0.15) is 37.3 Å². The van der Waals surface area contributed by atoms with Crippen LogP contribution in [0.3, 0.4) is 0 Å². The molecule has 0 unspecified atom stereocenters. The largest absolute Gasteiger partial charge is 0.496 e. The third kappa shape index (κ3) is 6.85. The number of aromatic nitrogens is 2. The Bertz CT molecular complexity index is 2150. The molecule has 53 heavy (non-hydrogen) atoms. The smallest absolute Gasteiger partial charge is 0.228 e. The Morgan fingerprint density at radius 1 is 0.906 bits per heavy atom. The molecule has 1 aliphatic carbocycles. The van der Waals surface area contributed by atoms with E-state index in [0.717, 1.165) is 87.4 Å². The molecule has 0 radical (unpaired) electrons. The van der Waals surface area contributed by atoms with Gasteiger partial charge in [-0.15, -0.1) is 0 Å². The van der Waals surface area contributed by atoms with Gasteiger partial charge in [0.15, 0.2) is 0 Å². The van der Waals surface area contributed by atoms with Crippen LogP contribution in [0.5, 0.6) is 17.4 Å². The molecule has 276 valence electrons. The molecule has 10 nitrogen and oxygen atoms in total. The highest BCUT2D eigenvalue weighted by Crippen LogP contribution is 2.42. The SMILES string of the molecule is COc1cc(-n2ccc3c(-c4cccc(-c5ccc(CN6CC[C@@H](O)C6)c(OC)n5)c4Cl)cccc32)cc(OC)c1CN1CC(C)(C(=O)NC2CC2)C1. The molecule has 2 aliphatic heterocycles. The van der Waals surface area contributed by atoms with E-state index in [1.165, 1.54) is 0 Å². The molecule has 5 aromatic rings. The second kappa shape index (κ2) is 14.3. The van der Waals surface area contributed by atoms with Crippen LogP contribution in [-0.4, -0.2) is 90.0 Å². The van der Waals surface area contributed by atoms with Crippen LogP contribution >= 0.6 is 11.6 Å². The lowest BCUT2D eigenvalue weighted by Gasteiger charge is -2.47. The fourth-order valence-electron chi connectivity index (χ4n) is 7.95. The van der Waals surface area contributed by atoms with Crippen molar-refractivity contribution < 1.29 is 24.1 Å². The molecule has 1 amide bonds. The molecule has 1 atom stereocenters. The summed E-state index contributed by atoms with van der Waals surface area (Å²) >= 11 is 7.22. The predicted molar refractivity (Wildman–Crippen MR) is 207 cm³/mol. The third-order valence-electron chi connectivity index (χ3n) is 10.9. The molecule has 0 spiro atoms. The number of rotatable bonds is 12. The van der Waals surface area contributed by atoms with Gasteiger partial charge in [0, 0.05) is 85.7 Å². The lowest BCUT2D eigenvalue weighted by Crippen LogP contribution is -2.61. The number of hydrogen-bond acceptors (Lipinski definition) is 8. The van der Waals surface area contributed by atoms with Crippen molar-refractivity contribution in [3.8, 4) is 45.5 Å². The van der Waals surface area contributed by atoms with Gasteiger partial charge < -0.3 is 29.2 Å². The first-order chi connectivity index (χ1) is 25.7. The number of β-amino-alcohol motifs (C(OH)–C–C–N with tert-alkyl or cyclic N) is 1. The maximum Gasteiger partial charge on any atom is 0.228 e. The quantitative estimate of drug-likeness (QED) is 0.146. The highest BCUT2D eigenvalue weighted by molar-refractivity contribution is 6.36. The summed E-state index contributed by atoms with van der Waals surface area (Å²) in [7, 11) is 5.00. The molecule has 3 aromatic carbocycles. The molecule has 2 aromatic heterocycles. The number of aliphatic hydroxyl groups excluding tert-OH is 1. The number of carbonyl (C=O) groups excluding carboxylic acids is 1. The number of benzene rings is 3. The van der Waals surface area contributed by atoms with E-state index < -0.39 is 0 Å². The minimum Gasteiger partial charge on any atom is -0.496 e. The lowest BCUT2D eigenvalue weighted by molar-refractivity contribution is -0.140. The molecule has 4 heterocycles. The van der Waals surface area contributed by atoms with E-state index in [2.05, 4.69) is 44.1 Å². The van der Waals surface area contributed by atoms with Gasteiger partial charge in [0.2, 0.25) is 11.8 Å². The summed E-state index contributed by atoms with van der Waals surface area (Å²) in [6.07, 6.45) is 4.73. The molecule has 0 bridgehead atoms. The number of ether oxygens (including phenoxy) is 3. The van der Waals surface area contributed by atoms with Gasteiger partial charge in [0.05, 0.1) is 60.3 Å². The van der Waals surface area contributed by atoms with Crippen LogP contribution in [0.25, 0.3) is 39.0 Å². The van der Waals surface area contributed by atoms with Crippen LogP contribution in [0.15, 0.2) is 72.9 Å². The number of nitrogens with one attached hydrogen (secondary N) is 1. The van der Waals surface area contributed by atoms with E-state index in [1.54, 1.807) is 21.3 Å². The number of carbonyl (C=O) groups is 1. The normalized spacial score (nSPS) is 18.6. The van der Waals surface area contributed by atoms with Crippen molar-refractivity contribution in [2.24, 2.45) is 5.41 Å². The van der Waals surface area contributed by atoms with Crippen LogP contribution < -0.4 is 19.5 Å². The average molecular weight is 736 g/mol. The first kappa shape index (κ1) is 35.4. The Labute approximate surface area is 315 Å².